The number of hydrogen-bond acceptors (Lipinski definition) is 3. The van der Waals surface area contributed by atoms with Crippen molar-refractivity contribution in [3.8, 4) is 0 Å². The fraction of sp³-hybridized carbons (Fsp3) is 0.350. The average molecular weight is 309 g/mol. The maximum atomic E-state index is 12.5. The third-order valence-corrected chi connectivity index (χ3v) is 4.46. The molecule has 2 aromatic rings. The molecule has 0 atom stereocenters. The van der Waals surface area contributed by atoms with Crippen molar-refractivity contribution in [1.29, 1.82) is 0 Å². The Balaban J connectivity index is 1.70. The topological polar surface area (TPSA) is 29.5 Å². The Kier molecular flexibility index (Phi) is 4.96. The molecule has 1 aliphatic rings. The van der Waals surface area contributed by atoms with Crippen LogP contribution < -0.4 is 4.90 Å². The molecule has 0 aromatic heterocycles. The van der Waals surface area contributed by atoms with Crippen molar-refractivity contribution >= 4 is 11.7 Å². The fourth-order valence-corrected chi connectivity index (χ4v) is 2.97. The molecule has 0 aliphatic carbocycles. The highest BCUT2D eigenvalue weighted by Gasteiger charge is 2.21. The van der Waals surface area contributed by atoms with Crippen molar-refractivity contribution < 1.29 is 9.53 Å². The van der Waals surface area contributed by atoms with Gasteiger partial charge in [-0.2, -0.15) is 0 Å². The van der Waals surface area contributed by atoms with Crippen LogP contribution in [0.5, 0.6) is 0 Å². The van der Waals surface area contributed by atoms with Crippen LogP contribution in [0.1, 0.15) is 35.7 Å². The van der Waals surface area contributed by atoms with E-state index in [0.717, 1.165) is 30.3 Å². The van der Waals surface area contributed by atoms with E-state index in [4.69, 9.17) is 4.74 Å². The van der Waals surface area contributed by atoms with E-state index in [2.05, 4.69) is 11.8 Å². The van der Waals surface area contributed by atoms with Crippen molar-refractivity contribution in [2.45, 2.75) is 26.4 Å². The molecule has 23 heavy (non-hydrogen) atoms. The molecule has 0 unspecified atom stereocenters. The number of para-hydroxylation sites is 1. The summed E-state index contributed by atoms with van der Waals surface area (Å²) < 4.78 is 5.50. The van der Waals surface area contributed by atoms with Crippen LogP contribution in [-0.2, 0) is 11.3 Å². The number of carbonyl (C=O) groups excluding carboxylic acids is 1. The average Bonchev–Trinajstić information content (AvgIpc) is 2.61. The zero-order valence-corrected chi connectivity index (χ0v) is 13.6. The molecule has 2 aromatic carbocycles. The second-order valence-electron chi connectivity index (χ2n) is 6.25. The van der Waals surface area contributed by atoms with Crippen LogP contribution in [0.4, 0.5) is 5.69 Å². The number of benzene rings is 2. The van der Waals surface area contributed by atoms with E-state index in [9.17, 15) is 4.79 Å². The minimum absolute atomic E-state index is 0.247. The first-order valence-corrected chi connectivity index (χ1v) is 8.29. The summed E-state index contributed by atoms with van der Waals surface area (Å²) in [6.45, 7) is 4.61. The largest absolute Gasteiger partial charge is 0.457 e. The number of anilines is 1. The summed E-state index contributed by atoms with van der Waals surface area (Å²) in [7, 11) is 0. The van der Waals surface area contributed by atoms with Crippen LogP contribution >= 0.6 is 0 Å². The minimum Gasteiger partial charge on any atom is -0.457 e. The molecule has 3 heteroatoms. The molecule has 3 nitrogen and oxygen atoms in total. The number of nitrogens with zero attached hydrogens (tertiary/aromatic N) is 1. The van der Waals surface area contributed by atoms with Crippen molar-refractivity contribution in [3.05, 3.63) is 65.7 Å². The fourth-order valence-electron chi connectivity index (χ4n) is 2.97. The van der Waals surface area contributed by atoms with Crippen molar-refractivity contribution in [1.82, 2.24) is 0 Å². The molecular weight excluding hydrogens is 286 g/mol. The molecule has 1 fully saturated rings. The van der Waals surface area contributed by atoms with Gasteiger partial charge in [0.1, 0.15) is 6.61 Å². The van der Waals surface area contributed by atoms with Gasteiger partial charge < -0.3 is 9.64 Å². The number of carbonyl (C=O) groups is 1. The second-order valence-corrected chi connectivity index (χ2v) is 6.25. The molecule has 0 N–H and O–H groups in total. The number of rotatable bonds is 4. The molecule has 1 saturated heterocycles. The van der Waals surface area contributed by atoms with Gasteiger partial charge in [-0.25, -0.2) is 4.79 Å². The Morgan fingerprint density at radius 3 is 2.43 bits per heavy atom. The van der Waals surface area contributed by atoms with Gasteiger partial charge in [0.25, 0.3) is 0 Å². The molecular formula is C20H23NO2. The van der Waals surface area contributed by atoms with E-state index in [1.807, 2.05) is 54.6 Å². The summed E-state index contributed by atoms with van der Waals surface area (Å²) in [4.78, 5) is 14.8. The van der Waals surface area contributed by atoms with Crippen LogP contribution in [0.3, 0.4) is 0 Å². The van der Waals surface area contributed by atoms with Gasteiger partial charge in [0, 0.05) is 13.1 Å². The highest BCUT2D eigenvalue weighted by molar-refractivity contribution is 5.95. The first-order chi connectivity index (χ1) is 11.2. The minimum atomic E-state index is -0.247. The van der Waals surface area contributed by atoms with Gasteiger partial charge in [-0.05, 0) is 36.5 Å². The molecule has 0 spiro atoms. The maximum Gasteiger partial charge on any atom is 0.340 e. The standard InChI is InChI=1S/C20H23NO2/c1-16-11-13-21(14-12-16)19-10-6-5-9-18(19)20(22)23-15-17-7-3-2-4-8-17/h2-10,16H,11-15H2,1H3. The second kappa shape index (κ2) is 7.32. The van der Waals surface area contributed by atoms with E-state index < -0.39 is 0 Å². The Morgan fingerprint density at radius 1 is 1.04 bits per heavy atom. The van der Waals surface area contributed by atoms with Crippen LogP contribution in [-0.4, -0.2) is 19.1 Å². The van der Waals surface area contributed by atoms with E-state index >= 15 is 0 Å². The van der Waals surface area contributed by atoms with Crippen molar-refractivity contribution in [3.63, 3.8) is 0 Å². The summed E-state index contributed by atoms with van der Waals surface area (Å²) in [5.74, 6) is 0.520. The van der Waals surface area contributed by atoms with Crippen LogP contribution in [0.25, 0.3) is 0 Å². The first kappa shape index (κ1) is 15.6. The Bertz CT molecular complexity index is 646. The third kappa shape index (κ3) is 3.92. The summed E-state index contributed by atoms with van der Waals surface area (Å²) in [6.07, 6.45) is 2.35. The van der Waals surface area contributed by atoms with Gasteiger partial charge >= 0.3 is 5.97 Å². The van der Waals surface area contributed by atoms with Crippen molar-refractivity contribution in [2.24, 2.45) is 5.92 Å². The summed E-state index contributed by atoms with van der Waals surface area (Å²) >= 11 is 0. The smallest absolute Gasteiger partial charge is 0.340 e. The van der Waals surface area contributed by atoms with Gasteiger partial charge in [0.15, 0.2) is 0 Å². The van der Waals surface area contributed by atoms with E-state index in [0.29, 0.717) is 12.2 Å². The number of esters is 1. The molecule has 1 aliphatic heterocycles. The van der Waals surface area contributed by atoms with Crippen LogP contribution in [0.15, 0.2) is 54.6 Å². The molecule has 0 bridgehead atoms. The van der Waals surface area contributed by atoms with Crippen LogP contribution in [0, 0.1) is 5.92 Å². The van der Waals surface area contributed by atoms with Gasteiger partial charge in [0.2, 0.25) is 0 Å². The SMILES string of the molecule is CC1CCN(c2ccccc2C(=O)OCc2ccccc2)CC1. The van der Waals surface area contributed by atoms with Gasteiger partial charge in [-0.15, -0.1) is 0 Å². The lowest BCUT2D eigenvalue weighted by Gasteiger charge is -2.33. The molecule has 3 rings (SSSR count). The van der Waals surface area contributed by atoms with E-state index in [1.165, 1.54) is 12.8 Å². The predicted octanol–water partition coefficient (Wildman–Crippen LogP) is 4.28. The molecule has 0 amide bonds. The monoisotopic (exact) mass is 309 g/mol. The molecule has 0 saturated carbocycles. The van der Waals surface area contributed by atoms with Gasteiger partial charge in [-0.3, -0.25) is 0 Å². The molecule has 1 heterocycles. The maximum absolute atomic E-state index is 12.5. The van der Waals surface area contributed by atoms with Gasteiger partial charge in [0.05, 0.1) is 11.3 Å². The number of piperidine rings is 1. The summed E-state index contributed by atoms with van der Waals surface area (Å²) in [5, 5.41) is 0. The zero-order valence-electron chi connectivity index (χ0n) is 13.6. The third-order valence-electron chi connectivity index (χ3n) is 4.46. The summed E-state index contributed by atoms with van der Waals surface area (Å²) in [5.41, 5.74) is 2.67. The number of hydrogen-bond donors (Lipinski definition) is 0. The summed E-state index contributed by atoms with van der Waals surface area (Å²) in [6, 6.07) is 17.6. The zero-order chi connectivity index (χ0) is 16.1. The quantitative estimate of drug-likeness (QED) is 0.790. The first-order valence-electron chi connectivity index (χ1n) is 8.29. The normalized spacial score (nSPS) is 15.4. The number of ether oxygens (including phenoxy) is 1. The van der Waals surface area contributed by atoms with Crippen molar-refractivity contribution in [2.75, 3.05) is 18.0 Å². The lowest BCUT2D eigenvalue weighted by Crippen LogP contribution is -2.33. The highest BCUT2D eigenvalue weighted by atomic mass is 16.5. The predicted molar refractivity (Wildman–Crippen MR) is 92.6 cm³/mol. The van der Waals surface area contributed by atoms with E-state index in [1.54, 1.807) is 0 Å². The lowest BCUT2D eigenvalue weighted by molar-refractivity contribution is 0.0473. The Labute approximate surface area is 137 Å². The Hall–Kier alpha value is -2.29. The van der Waals surface area contributed by atoms with E-state index in [-0.39, 0.29) is 5.97 Å². The molecule has 0 radical (unpaired) electrons. The molecule has 120 valence electrons. The van der Waals surface area contributed by atoms with Crippen LogP contribution in [0.2, 0.25) is 0 Å². The highest BCUT2D eigenvalue weighted by Crippen LogP contribution is 2.26. The Morgan fingerprint density at radius 2 is 1.70 bits per heavy atom. The van der Waals surface area contributed by atoms with Gasteiger partial charge in [-0.1, -0.05) is 49.4 Å². The lowest BCUT2D eigenvalue weighted by atomic mass is 9.98.